The lowest BCUT2D eigenvalue weighted by molar-refractivity contribution is 0.469. The van der Waals surface area contributed by atoms with Gasteiger partial charge < -0.3 is 10.2 Å². The standard InChI is InChI=1S/C13H14F2N2O3S/c1-8-2-3-10(20-8)7-17-21(18,19)12-5-9(6-16)4-11(14)13(12)15/h2-5,17H,6-7,16H2,1H3. The van der Waals surface area contributed by atoms with Gasteiger partial charge in [0.05, 0.1) is 6.54 Å². The predicted molar refractivity (Wildman–Crippen MR) is 71.7 cm³/mol. The lowest BCUT2D eigenvalue weighted by Gasteiger charge is -2.09. The fourth-order valence-electron chi connectivity index (χ4n) is 1.75. The molecule has 1 aromatic carbocycles. The second-order valence-electron chi connectivity index (χ2n) is 4.43. The maximum atomic E-state index is 13.7. The normalized spacial score (nSPS) is 11.8. The van der Waals surface area contributed by atoms with Gasteiger partial charge in [0.2, 0.25) is 10.0 Å². The van der Waals surface area contributed by atoms with Gasteiger partial charge in [-0.1, -0.05) is 0 Å². The van der Waals surface area contributed by atoms with E-state index in [-0.39, 0.29) is 18.7 Å². The van der Waals surface area contributed by atoms with E-state index in [2.05, 4.69) is 4.72 Å². The van der Waals surface area contributed by atoms with Crippen LogP contribution in [-0.4, -0.2) is 8.42 Å². The summed E-state index contributed by atoms with van der Waals surface area (Å²) in [6, 6.07) is 5.13. The largest absolute Gasteiger partial charge is 0.465 e. The number of furan rings is 1. The summed E-state index contributed by atoms with van der Waals surface area (Å²) >= 11 is 0. The van der Waals surface area contributed by atoms with Crippen LogP contribution in [0.15, 0.2) is 33.6 Å². The molecule has 2 rings (SSSR count). The molecule has 0 saturated carbocycles. The Kier molecular flexibility index (Phi) is 4.40. The zero-order chi connectivity index (χ0) is 15.6. The summed E-state index contributed by atoms with van der Waals surface area (Å²) in [5.74, 6) is -1.71. The summed E-state index contributed by atoms with van der Waals surface area (Å²) in [5.41, 5.74) is 5.51. The van der Waals surface area contributed by atoms with E-state index < -0.39 is 26.6 Å². The SMILES string of the molecule is Cc1ccc(CNS(=O)(=O)c2cc(CN)cc(F)c2F)o1. The van der Waals surface area contributed by atoms with Gasteiger partial charge in [0.15, 0.2) is 11.6 Å². The Bertz CT molecular complexity index is 757. The fourth-order valence-corrected chi connectivity index (χ4v) is 2.88. The summed E-state index contributed by atoms with van der Waals surface area (Å²) in [6.45, 7) is 1.44. The van der Waals surface area contributed by atoms with Gasteiger partial charge in [-0.15, -0.1) is 0 Å². The molecule has 0 fully saturated rings. The Balaban J connectivity index is 2.29. The summed E-state index contributed by atoms with van der Waals surface area (Å²) < 4.78 is 58.5. The summed E-state index contributed by atoms with van der Waals surface area (Å²) in [4.78, 5) is -0.772. The minimum Gasteiger partial charge on any atom is -0.465 e. The van der Waals surface area contributed by atoms with Crippen molar-refractivity contribution in [2.45, 2.75) is 24.9 Å². The van der Waals surface area contributed by atoms with Crippen molar-refractivity contribution in [3.05, 3.63) is 53.0 Å². The van der Waals surface area contributed by atoms with E-state index in [1.54, 1.807) is 19.1 Å². The van der Waals surface area contributed by atoms with E-state index in [4.69, 9.17) is 10.2 Å². The van der Waals surface area contributed by atoms with Crippen LogP contribution in [0.2, 0.25) is 0 Å². The maximum Gasteiger partial charge on any atom is 0.244 e. The summed E-state index contributed by atoms with van der Waals surface area (Å²) in [7, 11) is -4.22. The molecule has 0 saturated heterocycles. The molecule has 0 amide bonds. The van der Waals surface area contributed by atoms with E-state index in [9.17, 15) is 17.2 Å². The Hall–Kier alpha value is -1.77. The third-order valence-electron chi connectivity index (χ3n) is 2.81. The molecule has 2 aromatic rings. The molecule has 1 aromatic heterocycles. The molecule has 0 aliphatic heterocycles. The fraction of sp³-hybridized carbons (Fsp3) is 0.231. The predicted octanol–water partition coefficient (Wildman–Crippen LogP) is 1.80. The molecular weight excluding hydrogens is 302 g/mol. The van der Waals surface area contributed by atoms with Gasteiger partial charge >= 0.3 is 0 Å². The van der Waals surface area contributed by atoms with Crippen LogP contribution >= 0.6 is 0 Å². The number of hydrogen-bond donors (Lipinski definition) is 2. The van der Waals surface area contributed by atoms with E-state index in [0.29, 0.717) is 11.5 Å². The van der Waals surface area contributed by atoms with Crippen molar-refractivity contribution in [2.75, 3.05) is 0 Å². The molecule has 8 heteroatoms. The molecule has 0 spiro atoms. The van der Waals surface area contributed by atoms with Crippen LogP contribution < -0.4 is 10.5 Å². The Morgan fingerprint density at radius 1 is 1.29 bits per heavy atom. The number of hydrogen-bond acceptors (Lipinski definition) is 4. The highest BCUT2D eigenvalue weighted by molar-refractivity contribution is 7.89. The van der Waals surface area contributed by atoms with E-state index in [1.165, 1.54) is 0 Å². The average Bonchev–Trinajstić information content (AvgIpc) is 2.85. The van der Waals surface area contributed by atoms with Gasteiger partial charge in [0, 0.05) is 6.54 Å². The van der Waals surface area contributed by atoms with E-state index >= 15 is 0 Å². The van der Waals surface area contributed by atoms with Gasteiger partial charge in [-0.05, 0) is 36.8 Å². The molecule has 0 aliphatic rings. The molecule has 1 heterocycles. The molecular formula is C13H14F2N2O3S. The van der Waals surface area contributed by atoms with Gasteiger partial charge in [0.1, 0.15) is 16.4 Å². The van der Waals surface area contributed by atoms with Crippen LogP contribution in [0, 0.1) is 18.6 Å². The van der Waals surface area contributed by atoms with Crippen molar-refractivity contribution < 1.29 is 21.6 Å². The van der Waals surface area contributed by atoms with Crippen LogP contribution in [0.1, 0.15) is 17.1 Å². The molecule has 0 atom stereocenters. The highest BCUT2D eigenvalue weighted by Gasteiger charge is 2.23. The van der Waals surface area contributed by atoms with Crippen molar-refractivity contribution in [3.8, 4) is 0 Å². The Morgan fingerprint density at radius 2 is 2.00 bits per heavy atom. The first-order valence-electron chi connectivity index (χ1n) is 6.06. The number of halogens is 2. The lowest BCUT2D eigenvalue weighted by atomic mass is 10.2. The molecule has 0 bridgehead atoms. The third-order valence-corrected chi connectivity index (χ3v) is 4.21. The molecule has 0 unspecified atom stereocenters. The van der Waals surface area contributed by atoms with Crippen molar-refractivity contribution in [3.63, 3.8) is 0 Å². The zero-order valence-corrected chi connectivity index (χ0v) is 12.0. The lowest BCUT2D eigenvalue weighted by Crippen LogP contribution is -2.24. The van der Waals surface area contributed by atoms with Crippen molar-refractivity contribution in [1.29, 1.82) is 0 Å². The molecule has 114 valence electrons. The molecule has 0 radical (unpaired) electrons. The minimum atomic E-state index is -4.22. The first kappa shape index (κ1) is 15.6. The first-order valence-corrected chi connectivity index (χ1v) is 7.55. The van der Waals surface area contributed by atoms with Gasteiger partial charge in [-0.2, -0.15) is 0 Å². The maximum absolute atomic E-state index is 13.7. The molecule has 21 heavy (non-hydrogen) atoms. The molecule has 3 N–H and O–H groups in total. The van der Waals surface area contributed by atoms with Crippen LogP contribution in [-0.2, 0) is 23.1 Å². The van der Waals surface area contributed by atoms with E-state index in [0.717, 1.165) is 12.1 Å². The topological polar surface area (TPSA) is 85.3 Å². The number of sulfonamides is 1. The smallest absolute Gasteiger partial charge is 0.244 e. The van der Waals surface area contributed by atoms with Gasteiger partial charge in [-0.3, -0.25) is 0 Å². The summed E-state index contributed by atoms with van der Waals surface area (Å²) in [6.07, 6.45) is 0. The van der Waals surface area contributed by atoms with E-state index in [1.807, 2.05) is 0 Å². The van der Waals surface area contributed by atoms with Crippen LogP contribution in [0.3, 0.4) is 0 Å². The van der Waals surface area contributed by atoms with Crippen LogP contribution in [0.25, 0.3) is 0 Å². The minimum absolute atomic E-state index is 0.100. The number of rotatable bonds is 5. The van der Waals surface area contributed by atoms with Crippen LogP contribution in [0.4, 0.5) is 8.78 Å². The van der Waals surface area contributed by atoms with Gasteiger partial charge in [-0.25, -0.2) is 21.9 Å². The Morgan fingerprint density at radius 3 is 2.57 bits per heavy atom. The quantitative estimate of drug-likeness (QED) is 0.881. The zero-order valence-electron chi connectivity index (χ0n) is 11.2. The monoisotopic (exact) mass is 316 g/mol. The number of aryl methyl sites for hydroxylation is 1. The average molecular weight is 316 g/mol. The molecule has 5 nitrogen and oxygen atoms in total. The number of nitrogens with two attached hydrogens (primary N) is 1. The van der Waals surface area contributed by atoms with Crippen molar-refractivity contribution >= 4 is 10.0 Å². The number of nitrogens with one attached hydrogen (secondary N) is 1. The van der Waals surface area contributed by atoms with Gasteiger partial charge in [0.25, 0.3) is 0 Å². The van der Waals surface area contributed by atoms with Crippen molar-refractivity contribution in [1.82, 2.24) is 4.72 Å². The third kappa shape index (κ3) is 3.46. The van der Waals surface area contributed by atoms with Crippen LogP contribution in [0.5, 0.6) is 0 Å². The number of benzene rings is 1. The molecule has 0 aliphatic carbocycles. The Labute approximate surface area is 120 Å². The van der Waals surface area contributed by atoms with Crippen molar-refractivity contribution in [2.24, 2.45) is 5.73 Å². The highest BCUT2D eigenvalue weighted by atomic mass is 32.2. The first-order chi connectivity index (χ1) is 9.83. The second kappa shape index (κ2) is 5.92. The highest BCUT2D eigenvalue weighted by Crippen LogP contribution is 2.20. The second-order valence-corrected chi connectivity index (χ2v) is 6.17. The summed E-state index contributed by atoms with van der Waals surface area (Å²) in [5, 5.41) is 0.